The van der Waals surface area contributed by atoms with E-state index in [0.29, 0.717) is 5.54 Å². The SMILES string of the molecule is CC(C)(C)NCCC1CCCCC1. The second-order valence-electron chi connectivity index (χ2n) is 5.47. The Morgan fingerprint density at radius 2 is 1.69 bits per heavy atom. The van der Waals surface area contributed by atoms with Crippen molar-refractivity contribution < 1.29 is 0 Å². The lowest BCUT2D eigenvalue weighted by Crippen LogP contribution is -2.37. The molecule has 1 aliphatic rings. The lowest BCUT2D eigenvalue weighted by atomic mass is 9.87. The summed E-state index contributed by atoms with van der Waals surface area (Å²) in [4.78, 5) is 0. The maximum absolute atomic E-state index is 3.57. The van der Waals surface area contributed by atoms with Gasteiger partial charge in [-0.1, -0.05) is 32.1 Å². The Hall–Kier alpha value is -0.0400. The van der Waals surface area contributed by atoms with Crippen molar-refractivity contribution in [3.8, 4) is 0 Å². The molecule has 1 aliphatic carbocycles. The van der Waals surface area contributed by atoms with Crippen LogP contribution in [0.5, 0.6) is 0 Å². The molecule has 1 saturated carbocycles. The van der Waals surface area contributed by atoms with Gasteiger partial charge >= 0.3 is 0 Å². The molecule has 1 nitrogen and oxygen atoms in total. The number of hydrogen-bond acceptors (Lipinski definition) is 1. The molecule has 1 rings (SSSR count). The molecule has 0 amide bonds. The third-order valence-corrected chi connectivity index (χ3v) is 2.93. The Bertz CT molecular complexity index is 129. The summed E-state index contributed by atoms with van der Waals surface area (Å²) in [6.45, 7) is 7.93. The van der Waals surface area contributed by atoms with E-state index >= 15 is 0 Å². The smallest absolute Gasteiger partial charge is 0.00965 e. The Labute approximate surface area is 83.3 Å². The zero-order valence-corrected chi connectivity index (χ0v) is 9.53. The molecule has 0 spiro atoms. The van der Waals surface area contributed by atoms with E-state index in [9.17, 15) is 0 Å². The lowest BCUT2D eigenvalue weighted by molar-refractivity contribution is 0.315. The molecular weight excluding hydrogens is 158 g/mol. The van der Waals surface area contributed by atoms with Gasteiger partial charge in [-0.05, 0) is 39.7 Å². The third-order valence-electron chi connectivity index (χ3n) is 2.93. The molecule has 13 heavy (non-hydrogen) atoms. The van der Waals surface area contributed by atoms with Gasteiger partial charge in [-0.15, -0.1) is 0 Å². The third kappa shape index (κ3) is 5.30. The monoisotopic (exact) mass is 183 g/mol. The van der Waals surface area contributed by atoms with E-state index in [4.69, 9.17) is 0 Å². The standard InChI is InChI=1S/C12H25N/c1-12(2,3)13-10-9-11-7-5-4-6-8-11/h11,13H,4-10H2,1-3H3. The van der Waals surface area contributed by atoms with Crippen LogP contribution in [0.2, 0.25) is 0 Å². The highest BCUT2D eigenvalue weighted by molar-refractivity contribution is 4.72. The normalized spacial score (nSPS) is 20.5. The fraction of sp³-hybridized carbons (Fsp3) is 1.00. The summed E-state index contributed by atoms with van der Waals surface area (Å²) in [6, 6.07) is 0. The van der Waals surface area contributed by atoms with Crippen molar-refractivity contribution in [1.29, 1.82) is 0 Å². The van der Waals surface area contributed by atoms with Crippen LogP contribution < -0.4 is 5.32 Å². The van der Waals surface area contributed by atoms with Gasteiger partial charge < -0.3 is 5.32 Å². The molecule has 0 aliphatic heterocycles. The minimum absolute atomic E-state index is 0.300. The maximum atomic E-state index is 3.57. The first-order valence-corrected chi connectivity index (χ1v) is 5.83. The summed E-state index contributed by atoms with van der Waals surface area (Å²) in [5.41, 5.74) is 0.300. The Morgan fingerprint density at radius 1 is 1.08 bits per heavy atom. The molecule has 0 aromatic carbocycles. The van der Waals surface area contributed by atoms with Crippen molar-refractivity contribution in [2.45, 2.75) is 64.8 Å². The van der Waals surface area contributed by atoms with Crippen LogP contribution in [-0.2, 0) is 0 Å². The van der Waals surface area contributed by atoms with Gasteiger partial charge in [-0.3, -0.25) is 0 Å². The fourth-order valence-electron chi connectivity index (χ4n) is 2.13. The van der Waals surface area contributed by atoms with Crippen molar-refractivity contribution in [2.75, 3.05) is 6.54 Å². The van der Waals surface area contributed by atoms with Crippen molar-refractivity contribution >= 4 is 0 Å². The average Bonchev–Trinajstić information content (AvgIpc) is 2.04. The quantitative estimate of drug-likeness (QED) is 0.707. The molecule has 78 valence electrons. The van der Waals surface area contributed by atoms with Crippen molar-refractivity contribution in [3.05, 3.63) is 0 Å². The van der Waals surface area contributed by atoms with Gasteiger partial charge in [0.05, 0.1) is 0 Å². The molecule has 1 fully saturated rings. The van der Waals surface area contributed by atoms with Crippen molar-refractivity contribution in [1.82, 2.24) is 5.32 Å². The summed E-state index contributed by atoms with van der Waals surface area (Å²) >= 11 is 0. The zero-order valence-electron chi connectivity index (χ0n) is 9.53. The maximum Gasteiger partial charge on any atom is 0.00965 e. The Kier molecular flexibility index (Phi) is 4.24. The molecule has 1 N–H and O–H groups in total. The molecule has 0 aromatic heterocycles. The van der Waals surface area contributed by atoms with E-state index in [0.717, 1.165) is 5.92 Å². The predicted octanol–water partition coefficient (Wildman–Crippen LogP) is 3.34. The number of rotatable bonds is 3. The summed E-state index contributed by atoms with van der Waals surface area (Å²) in [7, 11) is 0. The first-order valence-electron chi connectivity index (χ1n) is 5.83. The number of nitrogens with one attached hydrogen (secondary N) is 1. The van der Waals surface area contributed by atoms with Crippen LogP contribution in [0.1, 0.15) is 59.3 Å². The summed E-state index contributed by atoms with van der Waals surface area (Å²) in [6.07, 6.45) is 8.76. The predicted molar refractivity (Wildman–Crippen MR) is 58.9 cm³/mol. The molecule has 0 unspecified atom stereocenters. The Balaban J connectivity index is 2.04. The van der Waals surface area contributed by atoms with E-state index in [1.165, 1.54) is 45.1 Å². The Morgan fingerprint density at radius 3 is 2.23 bits per heavy atom. The highest BCUT2D eigenvalue weighted by atomic mass is 14.9. The van der Waals surface area contributed by atoms with Crippen LogP contribution in [0.25, 0.3) is 0 Å². The van der Waals surface area contributed by atoms with Crippen LogP contribution in [0.3, 0.4) is 0 Å². The van der Waals surface area contributed by atoms with E-state index < -0.39 is 0 Å². The van der Waals surface area contributed by atoms with Gasteiger partial charge in [0.15, 0.2) is 0 Å². The minimum atomic E-state index is 0.300. The molecule has 0 bridgehead atoms. The van der Waals surface area contributed by atoms with Crippen LogP contribution in [0, 0.1) is 5.92 Å². The van der Waals surface area contributed by atoms with Crippen LogP contribution in [0.4, 0.5) is 0 Å². The summed E-state index contributed by atoms with van der Waals surface area (Å²) < 4.78 is 0. The highest BCUT2D eigenvalue weighted by Gasteiger charge is 2.14. The van der Waals surface area contributed by atoms with E-state index in [2.05, 4.69) is 26.1 Å². The number of hydrogen-bond donors (Lipinski definition) is 1. The van der Waals surface area contributed by atoms with E-state index in [1.807, 2.05) is 0 Å². The van der Waals surface area contributed by atoms with Crippen LogP contribution in [0.15, 0.2) is 0 Å². The van der Waals surface area contributed by atoms with Crippen molar-refractivity contribution in [2.24, 2.45) is 5.92 Å². The molecule has 0 saturated heterocycles. The molecule has 0 heterocycles. The van der Waals surface area contributed by atoms with Crippen LogP contribution >= 0.6 is 0 Å². The second kappa shape index (κ2) is 4.99. The van der Waals surface area contributed by atoms with E-state index in [1.54, 1.807) is 0 Å². The van der Waals surface area contributed by atoms with Gasteiger partial charge in [0.2, 0.25) is 0 Å². The van der Waals surface area contributed by atoms with Gasteiger partial charge in [0, 0.05) is 5.54 Å². The summed E-state index contributed by atoms with van der Waals surface area (Å²) in [5, 5.41) is 3.57. The lowest BCUT2D eigenvalue weighted by Gasteiger charge is -2.25. The first kappa shape index (κ1) is 11.0. The summed E-state index contributed by atoms with van der Waals surface area (Å²) in [5.74, 6) is 1.02. The van der Waals surface area contributed by atoms with Gasteiger partial charge in [-0.2, -0.15) is 0 Å². The topological polar surface area (TPSA) is 12.0 Å². The van der Waals surface area contributed by atoms with Gasteiger partial charge in [-0.25, -0.2) is 0 Å². The largest absolute Gasteiger partial charge is 0.312 e. The van der Waals surface area contributed by atoms with E-state index in [-0.39, 0.29) is 0 Å². The highest BCUT2D eigenvalue weighted by Crippen LogP contribution is 2.25. The molecular formula is C12H25N. The zero-order chi connectivity index (χ0) is 9.73. The molecule has 0 aromatic rings. The molecule has 0 radical (unpaired) electrons. The average molecular weight is 183 g/mol. The van der Waals surface area contributed by atoms with Gasteiger partial charge in [0.1, 0.15) is 0 Å². The second-order valence-corrected chi connectivity index (χ2v) is 5.47. The molecule has 1 heteroatoms. The van der Waals surface area contributed by atoms with Gasteiger partial charge in [0.25, 0.3) is 0 Å². The minimum Gasteiger partial charge on any atom is -0.312 e. The van der Waals surface area contributed by atoms with Crippen molar-refractivity contribution in [3.63, 3.8) is 0 Å². The molecule has 0 atom stereocenters. The van der Waals surface area contributed by atoms with Crippen LogP contribution in [-0.4, -0.2) is 12.1 Å². The fourth-order valence-corrected chi connectivity index (χ4v) is 2.13. The first-order chi connectivity index (χ1) is 6.08.